The van der Waals surface area contributed by atoms with Gasteiger partial charge < -0.3 is 10.1 Å². The van der Waals surface area contributed by atoms with Gasteiger partial charge in [0, 0.05) is 22.8 Å². The van der Waals surface area contributed by atoms with Gasteiger partial charge in [0.2, 0.25) is 5.91 Å². The number of anilines is 1. The van der Waals surface area contributed by atoms with E-state index in [1.165, 1.54) is 11.8 Å². The molecule has 2 aromatic carbocycles. The Balaban J connectivity index is 1.73. The van der Waals surface area contributed by atoms with E-state index in [2.05, 4.69) is 31.4 Å². The number of carbonyl (C=O) groups is 1. The van der Waals surface area contributed by atoms with E-state index in [-0.39, 0.29) is 11.7 Å². The number of nitrogens with one attached hydrogen (secondary N) is 1. The summed E-state index contributed by atoms with van der Waals surface area (Å²) in [5.41, 5.74) is 3.87. The molecule has 0 fully saturated rings. The standard InChI is InChI=1S/C21H23BrN4O2S/c1-14-11-17(22)12-15(2)19(14)23-18(27)13-29-21-25-24-20(26(21)9-10-28-3)16-7-5-4-6-8-16/h4-8,11-12H,9-10,13H2,1-3H3,(H,23,27). The number of thioether (sulfide) groups is 1. The van der Waals surface area contributed by atoms with E-state index in [1.807, 2.05) is 60.9 Å². The van der Waals surface area contributed by atoms with Gasteiger partial charge in [-0.15, -0.1) is 10.2 Å². The molecule has 152 valence electrons. The van der Waals surface area contributed by atoms with E-state index in [9.17, 15) is 4.79 Å². The summed E-state index contributed by atoms with van der Waals surface area (Å²) in [7, 11) is 1.66. The second-order valence-electron chi connectivity index (χ2n) is 6.57. The molecule has 0 unspecified atom stereocenters. The van der Waals surface area contributed by atoms with Crippen molar-refractivity contribution < 1.29 is 9.53 Å². The van der Waals surface area contributed by atoms with Crippen LogP contribution in [0.15, 0.2) is 52.1 Å². The third-order valence-corrected chi connectivity index (χ3v) is 5.79. The number of carbonyl (C=O) groups excluding carboxylic acids is 1. The minimum absolute atomic E-state index is 0.0777. The first-order valence-corrected chi connectivity index (χ1v) is 10.9. The smallest absolute Gasteiger partial charge is 0.234 e. The summed E-state index contributed by atoms with van der Waals surface area (Å²) in [6.45, 7) is 5.11. The molecule has 3 rings (SSSR count). The maximum atomic E-state index is 12.6. The van der Waals surface area contributed by atoms with Crippen molar-refractivity contribution in [3.05, 3.63) is 58.1 Å². The first kappa shape index (κ1) is 21.5. The summed E-state index contributed by atoms with van der Waals surface area (Å²) in [6.07, 6.45) is 0. The van der Waals surface area contributed by atoms with Crippen molar-refractivity contribution in [2.45, 2.75) is 25.5 Å². The van der Waals surface area contributed by atoms with Crippen molar-refractivity contribution >= 4 is 39.3 Å². The third-order valence-electron chi connectivity index (χ3n) is 4.36. The zero-order chi connectivity index (χ0) is 20.8. The highest BCUT2D eigenvalue weighted by atomic mass is 79.9. The largest absolute Gasteiger partial charge is 0.383 e. The first-order valence-electron chi connectivity index (χ1n) is 9.16. The molecular weight excluding hydrogens is 452 g/mol. The molecule has 0 spiro atoms. The number of amides is 1. The lowest BCUT2D eigenvalue weighted by Crippen LogP contribution is -2.16. The Morgan fingerprint density at radius 2 is 1.86 bits per heavy atom. The van der Waals surface area contributed by atoms with Crippen molar-refractivity contribution in [1.82, 2.24) is 14.8 Å². The molecule has 0 atom stereocenters. The number of halogens is 1. The van der Waals surface area contributed by atoms with E-state index in [4.69, 9.17) is 4.74 Å². The minimum Gasteiger partial charge on any atom is -0.383 e. The minimum atomic E-state index is -0.0777. The Morgan fingerprint density at radius 3 is 2.52 bits per heavy atom. The zero-order valence-electron chi connectivity index (χ0n) is 16.6. The third kappa shape index (κ3) is 5.46. The van der Waals surface area contributed by atoms with Gasteiger partial charge in [-0.1, -0.05) is 58.0 Å². The predicted octanol–water partition coefficient (Wildman–Crippen LogP) is 4.70. The lowest BCUT2D eigenvalue weighted by Gasteiger charge is -2.13. The van der Waals surface area contributed by atoms with E-state index < -0.39 is 0 Å². The Hall–Kier alpha value is -2.16. The average Bonchev–Trinajstić information content (AvgIpc) is 3.11. The maximum absolute atomic E-state index is 12.6. The van der Waals surface area contributed by atoms with Crippen LogP contribution in [0.1, 0.15) is 11.1 Å². The number of ether oxygens (including phenoxy) is 1. The summed E-state index contributed by atoms with van der Waals surface area (Å²) in [5.74, 6) is 0.936. The molecule has 1 N–H and O–H groups in total. The zero-order valence-corrected chi connectivity index (χ0v) is 19.0. The van der Waals surface area contributed by atoms with Crippen LogP contribution in [0.3, 0.4) is 0 Å². The first-order chi connectivity index (χ1) is 14.0. The molecule has 8 heteroatoms. The average molecular weight is 475 g/mol. The van der Waals surface area contributed by atoms with Gasteiger partial charge in [-0.2, -0.15) is 0 Å². The van der Waals surface area contributed by atoms with Crippen LogP contribution in [0.4, 0.5) is 5.69 Å². The second kappa shape index (κ2) is 10.0. The fraction of sp³-hybridized carbons (Fsp3) is 0.286. The van der Waals surface area contributed by atoms with Gasteiger partial charge in [0.05, 0.1) is 18.9 Å². The van der Waals surface area contributed by atoms with E-state index >= 15 is 0 Å². The number of methoxy groups -OCH3 is 1. The van der Waals surface area contributed by atoms with Crippen LogP contribution in [-0.4, -0.2) is 40.1 Å². The van der Waals surface area contributed by atoms with Gasteiger partial charge in [-0.3, -0.25) is 9.36 Å². The predicted molar refractivity (Wildman–Crippen MR) is 120 cm³/mol. The van der Waals surface area contributed by atoms with Gasteiger partial charge in [0.25, 0.3) is 0 Å². The van der Waals surface area contributed by atoms with E-state index in [0.29, 0.717) is 18.3 Å². The molecular formula is C21H23BrN4O2S. The Labute approximate surface area is 183 Å². The van der Waals surface area contributed by atoms with Crippen LogP contribution >= 0.6 is 27.7 Å². The van der Waals surface area contributed by atoms with Crippen molar-refractivity contribution in [2.75, 3.05) is 24.8 Å². The number of hydrogen-bond acceptors (Lipinski definition) is 5. The molecule has 0 saturated carbocycles. The number of nitrogens with zero attached hydrogens (tertiary/aromatic N) is 3. The van der Waals surface area contributed by atoms with Crippen LogP contribution in [0, 0.1) is 13.8 Å². The molecule has 0 saturated heterocycles. The molecule has 0 aliphatic rings. The molecule has 0 bridgehead atoms. The summed E-state index contributed by atoms with van der Waals surface area (Å²) in [6, 6.07) is 13.9. The summed E-state index contributed by atoms with van der Waals surface area (Å²) in [4.78, 5) is 12.6. The Kier molecular flexibility index (Phi) is 7.46. The van der Waals surface area contributed by atoms with Gasteiger partial charge in [-0.05, 0) is 37.1 Å². The fourth-order valence-corrected chi connectivity index (χ4v) is 4.45. The van der Waals surface area contributed by atoms with Gasteiger partial charge >= 0.3 is 0 Å². The van der Waals surface area contributed by atoms with E-state index in [1.54, 1.807) is 7.11 Å². The lowest BCUT2D eigenvalue weighted by atomic mass is 10.1. The molecule has 3 aromatic rings. The quantitative estimate of drug-likeness (QED) is 0.479. The fourth-order valence-electron chi connectivity index (χ4n) is 2.99. The maximum Gasteiger partial charge on any atom is 0.234 e. The van der Waals surface area contributed by atoms with Crippen LogP contribution in [0.5, 0.6) is 0 Å². The molecule has 1 heterocycles. The molecule has 29 heavy (non-hydrogen) atoms. The second-order valence-corrected chi connectivity index (χ2v) is 8.43. The van der Waals surface area contributed by atoms with Gasteiger partial charge in [0.1, 0.15) is 0 Å². The number of benzene rings is 2. The van der Waals surface area contributed by atoms with Crippen molar-refractivity contribution in [1.29, 1.82) is 0 Å². The molecule has 0 aliphatic carbocycles. The van der Waals surface area contributed by atoms with Crippen molar-refractivity contribution in [3.8, 4) is 11.4 Å². The van der Waals surface area contributed by atoms with Crippen LogP contribution in [-0.2, 0) is 16.1 Å². The van der Waals surface area contributed by atoms with Gasteiger partial charge in [0.15, 0.2) is 11.0 Å². The highest BCUT2D eigenvalue weighted by molar-refractivity contribution is 9.10. The number of aromatic nitrogens is 3. The van der Waals surface area contributed by atoms with Crippen LogP contribution < -0.4 is 5.32 Å². The van der Waals surface area contributed by atoms with Crippen LogP contribution in [0.25, 0.3) is 11.4 Å². The van der Waals surface area contributed by atoms with Crippen molar-refractivity contribution in [2.24, 2.45) is 0 Å². The number of hydrogen-bond donors (Lipinski definition) is 1. The Morgan fingerprint density at radius 1 is 1.17 bits per heavy atom. The summed E-state index contributed by atoms with van der Waals surface area (Å²) < 4.78 is 8.23. The van der Waals surface area contributed by atoms with Crippen LogP contribution in [0.2, 0.25) is 0 Å². The summed E-state index contributed by atoms with van der Waals surface area (Å²) in [5, 5.41) is 12.4. The van der Waals surface area contributed by atoms with Crippen molar-refractivity contribution in [3.63, 3.8) is 0 Å². The molecule has 0 radical (unpaired) electrons. The molecule has 0 aliphatic heterocycles. The monoisotopic (exact) mass is 474 g/mol. The highest BCUT2D eigenvalue weighted by Gasteiger charge is 2.16. The lowest BCUT2D eigenvalue weighted by molar-refractivity contribution is -0.113. The molecule has 1 amide bonds. The topological polar surface area (TPSA) is 69.0 Å². The molecule has 1 aromatic heterocycles. The normalized spacial score (nSPS) is 10.9. The van der Waals surface area contributed by atoms with Gasteiger partial charge in [-0.25, -0.2) is 0 Å². The SMILES string of the molecule is COCCn1c(SCC(=O)Nc2c(C)cc(Br)cc2C)nnc1-c1ccccc1. The summed E-state index contributed by atoms with van der Waals surface area (Å²) >= 11 is 4.85. The Bertz CT molecular complexity index is 969. The molecule has 6 nitrogen and oxygen atoms in total. The number of aryl methyl sites for hydroxylation is 2. The number of rotatable bonds is 8. The van der Waals surface area contributed by atoms with E-state index in [0.717, 1.165) is 32.7 Å². The highest BCUT2D eigenvalue weighted by Crippen LogP contribution is 2.27.